The van der Waals surface area contributed by atoms with E-state index >= 15 is 0 Å². The highest BCUT2D eigenvalue weighted by Gasteiger charge is 2.31. The summed E-state index contributed by atoms with van der Waals surface area (Å²) in [6.07, 6.45) is -2.53. The maximum Gasteiger partial charge on any atom is 0.573 e. The number of rotatable bonds is 7. The predicted molar refractivity (Wildman–Crippen MR) is 113 cm³/mol. The molecule has 0 aliphatic carbocycles. The van der Waals surface area contributed by atoms with Gasteiger partial charge in [0.05, 0.1) is 10.5 Å². The molecule has 7 nitrogen and oxygen atoms in total. The summed E-state index contributed by atoms with van der Waals surface area (Å²) in [5.41, 5.74) is 0.715. The number of hydrogen-bond acceptors (Lipinski definition) is 6. The number of alkyl halides is 3. The number of aromatic nitrogens is 1. The largest absolute Gasteiger partial charge is 0.573 e. The highest BCUT2D eigenvalue weighted by Crippen LogP contribution is 2.28. The number of carbonyl (C=O) groups excluding carboxylic acids is 1. The summed E-state index contributed by atoms with van der Waals surface area (Å²) in [7, 11) is -3.40. The first kappa shape index (κ1) is 24.3. The lowest BCUT2D eigenvalue weighted by Crippen LogP contribution is -2.23. The van der Waals surface area contributed by atoms with Gasteiger partial charge in [0, 0.05) is 36.2 Å². The minimum absolute atomic E-state index is 0.0476. The summed E-state index contributed by atoms with van der Waals surface area (Å²) in [6.45, 7) is 0.0476. The van der Waals surface area contributed by atoms with E-state index in [-0.39, 0.29) is 33.7 Å². The van der Waals surface area contributed by atoms with E-state index in [0.717, 1.165) is 18.4 Å². The van der Waals surface area contributed by atoms with Crippen LogP contribution in [-0.4, -0.2) is 31.9 Å². The quantitative estimate of drug-likeness (QED) is 0.502. The summed E-state index contributed by atoms with van der Waals surface area (Å²) in [5.74, 6) is -0.805. The number of nitrogens with zero attached hydrogens (tertiary/aromatic N) is 1. The van der Waals surface area contributed by atoms with Crippen LogP contribution in [0.15, 0.2) is 65.7 Å². The summed E-state index contributed by atoms with van der Waals surface area (Å²) in [4.78, 5) is 16.4. The van der Waals surface area contributed by atoms with Gasteiger partial charge in [-0.15, -0.1) is 13.2 Å². The van der Waals surface area contributed by atoms with Crippen LogP contribution in [-0.2, 0) is 16.4 Å². The molecule has 0 saturated heterocycles. The third-order valence-electron chi connectivity index (χ3n) is 4.15. The molecule has 12 heteroatoms. The minimum Gasteiger partial charge on any atom is -0.439 e. The van der Waals surface area contributed by atoms with E-state index in [1.807, 2.05) is 0 Å². The molecular weight excluding hydrogens is 485 g/mol. The molecule has 3 rings (SSSR count). The molecule has 1 N–H and O–H groups in total. The molecule has 0 atom stereocenters. The molecule has 3 aromatic rings. The van der Waals surface area contributed by atoms with Crippen molar-refractivity contribution in [1.29, 1.82) is 0 Å². The van der Waals surface area contributed by atoms with Crippen LogP contribution in [0.5, 0.6) is 17.4 Å². The molecule has 0 fully saturated rings. The number of ether oxygens (including phenoxy) is 2. The van der Waals surface area contributed by atoms with Crippen molar-refractivity contribution in [2.45, 2.75) is 17.8 Å². The Balaban J connectivity index is 1.61. The standard InChI is InChI=1S/C21H16ClF3N2O5S/c1-33(29,30)17-7-5-13(18(22)10-17)11-27-20(28)14-6-8-19(26-12-14)31-15-3-2-4-16(9-15)32-21(23,24)25/h2-10,12H,11H2,1H3,(H,27,28). The summed E-state index contributed by atoms with van der Waals surface area (Å²) < 4.78 is 69.4. The SMILES string of the molecule is CS(=O)(=O)c1ccc(CNC(=O)c2ccc(Oc3cccc(OC(F)(F)F)c3)nc2)c(Cl)c1. The van der Waals surface area contributed by atoms with Crippen molar-refractivity contribution in [2.24, 2.45) is 0 Å². The molecule has 0 radical (unpaired) electrons. The van der Waals surface area contributed by atoms with Gasteiger partial charge in [-0.25, -0.2) is 13.4 Å². The Kier molecular flexibility index (Phi) is 7.13. The molecule has 0 aliphatic rings. The van der Waals surface area contributed by atoms with E-state index in [2.05, 4.69) is 15.0 Å². The van der Waals surface area contributed by atoms with Crippen LogP contribution in [0.3, 0.4) is 0 Å². The number of hydrogen-bond donors (Lipinski definition) is 1. The topological polar surface area (TPSA) is 94.6 Å². The monoisotopic (exact) mass is 500 g/mol. The Morgan fingerprint density at radius 2 is 1.82 bits per heavy atom. The van der Waals surface area contributed by atoms with Gasteiger partial charge in [-0.05, 0) is 35.9 Å². The first-order chi connectivity index (χ1) is 15.4. The zero-order valence-corrected chi connectivity index (χ0v) is 18.5. The van der Waals surface area contributed by atoms with Crippen LogP contribution < -0.4 is 14.8 Å². The fourth-order valence-electron chi connectivity index (χ4n) is 2.61. The van der Waals surface area contributed by atoms with E-state index < -0.39 is 27.9 Å². The van der Waals surface area contributed by atoms with Crippen molar-refractivity contribution in [3.8, 4) is 17.4 Å². The number of pyridine rings is 1. The van der Waals surface area contributed by atoms with Gasteiger partial charge < -0.3 is 14.8 Å². The van der Waals surface area contributed by atoms with E-state index in [0.29, 0.717) is 5.56 Å². The summed E-state index contributed by atoms with van der Waals surface area (Å²) in [5, 5.41) is 2.83. The lowest BCUT2D eigenvalue weighted by atomic mass is 10.2. The Labute approximate surface area is 192 Å². The smallest absolute Gasteiger partial charge is 0.439 e. The van der Waals surface area contributed by atoms with Gasteiger partial charge in [0.15, 0.2) is 9.84 Å². The van der Waals surface area contributed by atoms with Crippen LogP contribution in [0, 0.1) is 0 Å². The van der Waals surface area contributed by atoms with Crippen LogP contribution in [0.1, 0.15) is 15.9 Å². The van der Waals surface area contributed by atoms with Gasteiger partial charge >= 0.3 is 6.36 Å². The molecule has 174 valence electrons. The third kappa shape index (κ3) is 7.09. The van der Waals surface area contributed by atoms with Gasteiger partial charge in [0.1, 0.15) is 11.5 Å². The number of carbonyl (C=O) groups is 1. The number of nitrogens with one attached hydrogen (secondary N) is 1. The molecule has 1 amide bonds. The van der Waals surface area contributed by atoms with E-state index in [1.165, 1.54) is 48.7 Å². The van der Waals surface area contributed by atoms with Crippen LogP contribution in [0.4, 0.5) is 13.2 Å². The second-order valence-corrected chi connectivity index (χ2v) is 9.14. The van der Waals surface area contributed by atoms with E-state index in [4.69, 9.17) is 16.3 Å². The molecule has 0 bridgehead atoms. The van der Waals surface area contributed by atoms with Crippen LogP contribution in [0.2, 0.25) is 5.02 Å². The van der Waals surface area contributed by atoms with Gasteiger partial charge in [-0.1, -0.05) is 23.7 Å². The molecule has 1 aromatic heterocycles. The van der Waals surface area contributed by atoms with Crippen molar-refractivity contribution in [2.75, 3.05) is 6.26 Å². The lowest BCUT2D eigenvalue weighted by molar-refractivity contribution is -0.274. The maximum absolute atomic E-state index is 12.3. The van der Waals surface area contributed by atoms with Crippen LogP contribution in [0.25, 0.3) is 0 Å². The molecule has 33 heavy (non-hydrogen) atoms. The summed E-state index contributed by atoms with van der Waals surface area (Å²) >= 11 is 6.09. The Morgan fingerprint density at radius 3 is 2.42 bits per heavy atom. The molecular formula is C21H16ClF3N2O5S. The van der Waals surface area contributed by atoms with Gasteiger partial charge in [0.2, 0.25) is 5.88 Å². The zero-order chi connectivity index (χ0) is 24.2. The van der Waals surface area contributed by atoms with Crippen LogP contribution >= 0.6 is 11.6 Å². The van der Waals surface area contributed by atoms with Crippen molar-refractivity contribution < 1.29 is 35.9 Å². The average molecular weight is 501 g/mol. The molecule has 0 spiro atoms. The lowest BCUT2D eigenvalue weighted by Gasteiger charge is -2.11. The van der Waals surface area contributed by atoms with Crippen molar-refractivity contribution >= 4 is 27.3 Å². The summed E-state index contributed by atoms with van der Waals surface area (Å²) in [6, 6.07) is 11.9. The van der Waals surface area contributed by atoms with Crippen molar-refractivity contribution in [3.63, 3.8) is 0 Å². The normalized spacial score (nSPS) is 11.7. The fourth-order valence-corrected chi connectivity index (χ4v) is 3.57. The minimum atomic E-state index is -4.83. The first-order valence-electron chi connectivity index (χ1n) is 9.17. The first-order valence-corrected chi connectivity index (χ1v) is 11.4. The number of benzene rings is 2. The van der Waals surface area contributed by atoms with Gasteiger partial charge in [-0.2, -0.15) is 0 Å². The molecule has 0 aliphatic heterocycles. The van der Waals surface area contributed by atoms with Gasteiger partial charge in [-0.3, -0.25) is 4.79 Å². The number of halogens is 4. The van der Waals surface area contributed by atoms with E-state index in [9.17, 15) is 26.4 Å². The fraction of sp³-hybridized carbons (Fsp3) is 0.143. The molecule has 2 aromatic carbocycles. The zero-order valence-electron chi connectivity index (χ0n) is 16.9. The Hall–Kier alpha value is -3.31. The Bertz CT molecular complexity index is 1270. The molecule has 1 heterocycles. The third-order valence-corrected chi connectivity index (χ3v) is 5.61. The van der Waals surface area contributed by atoms with Gasteiger partial charge in [0.25, 0.3) is 5.91 Å². The highest BCUT2D eigenvalue weighted by atomic mass is 35.5. The number of sulfone groups is 1. The second kappa shape index (κ2) is 9.67. The highest BCUT2D eigenvalue weighted by molar-refractivity contribution is 7.90. The second-order valence-electron chi connectivity index (χ2n) is 6.72. The van der Waals surface area contributed by atoms with E-state index in [1.54, 1.807) is 0 Å². The predicted octanol–water partition coefficient (Wildman–Crippen LogP) is 4.76. The number of amides is 1. The van der Waals surface area contributed by atoms with Crippen molar-refractivity contribution in [1.82, 2.24) is 10.3 Å². The average Bonchev–Trinajstić information content (AvgIpc) is 2.71. The molecule has 0 saturated carbocycles. The Morgan fingerprint density at radius 1 is 1.09 bits per heavy atom. The van der Waals surface area contributed by atoms with Crippen molar-refractivity contribution in [3.05, 3.63) is 76.9 Å². The molecule has 0 unspecified atom stereocenters. The maximum atomic E-state index is 12.3.